The van der Waals surface area contributed by atoms with Crippen LogP contribution in [0.4, 0.5) is 0 Å². The Hall–Kier alpha value is -0.860. The zero-order chi connectivity index (χ0) is 12.8. The van der Waals surface area contributed by atoms with Crippen LogP contribution in [-0.2, 0) is 16.6 Å². The van der Waals surface area contributed by atoms with Gasteiger partial charge in [0.15, 0.2) is 0 Å². The summed E-state index contributed by atoms with van der Waals surface area (Å²) in [6, 6.07) is 8.99. The van der Waals surface area contributed by atoms with E-state index in [0.29, 0.717) is 5.41 Å². The number of aryl methyl sites for hydroxylation is 1. The predicted octanol–water partition coefficient (Wildman–Crippen LogP) is 2.91. The monoisotopic (exact) mass is 247 g/mol. The first kappa shape index (κ1) is 13.6. The van der Waals surface area contributed by atoms with Crippen LogP contribution in [0.15, 0.2) is 24.3 Å². The number of ether oxygens (including phenoxy) is 1. The maximum atomic E-state index is 5.22. The zero-order valence-electron chi connectivity index (χ0n) is 11.7. The van der Waals surface area contributed by atoms with Gasteiger partial charge in [-0.1, -0.05) is 24.3 Å². The molecule has 2 nitrogen and oxygen atoms in total. The summed E-state index contributed by atoms with van der Waals surface area (Å²) in [5.74, 6) is 0. The van der Waals surface area contributed by atoms with E-state index in [1.165, 1.54) is 25.7 Å². The van der Waals surface area contributed by atoms with Crippen molar-refractivity contribution in [2.45, 2.75) is 37.5 Å². The Bertz CT molecular complexity index is 377. The highest BCUT2D eigenvalue weighted by molar-refractivity contribution is 5.37. The van der Waals surface area contributed by atoms with E-state index in [1.54, 1.807) is 18.2 Å². The lowest BCUT2D eigenvalue weighted by Gasteiger charge is -2.39. The largest absolute Gasteiger partial charge is 0.385 e. The molecule has 2 rings (SSSR count). The fourth-order valence-corrected chi connectivity index (χ4v) is 3.43. The lowest BCUT2D eigenvalue weighted by atomic mass is 9.67. The molecule has 0 saturated heterocycles. The molecule has 1 unspecified atom stereocenters. The van der Waals surface area contributed by atoms with Gasteiger partial charge in [-0.3, -0.25) is 0 Å². The fourth-order valence-electron chi connectivity index (χ4n) is 3.43. The van der Waals surface area contributed by atoms with Gasteiger partial charge >= 0.3 is 0 Å². The third-order valence-corrected chi connectivity index (χ3v) is 4.21. The van der Waals surface area contributed by atoms with Gasteiger partial charge in [-0.15, -0.1) is 0 Å². The first-order valence-corrected chi connectivity index (χ1v) is 7.04. The van der Waals surface area contributed by atoms with E-state index in [1.807, 2.05) is 0 Å². The van der Waals surface area contributed by atoms with Crippen LogP contribution in [0.25, 0.3) is 0 Å². The van der Waals surface area contributed by atoms with Crippen molar-refractivity contribution < 1.29 is 4.74 Å². The number of likely N-dealkylation sites (N-methyl/N-ethyl adjacent to an activating group) is 1. The highest BCUT2D eigenvalue weighted by Crippen LogP contribution is 2.40. The predicted molar refractivity (Wildman–Crippen MR) is 76.1 cm³/mol. The Kier molecular flexibility index (Phi) is 4.79. The summed E-state index contributed by atoms with van der Waals surface area (Å²) >= 11 is 0. The molecule has 0 radical (unpaired) electrons. The summed E-state index contributed by atoms with van der Waals surface area (Å²) in [6.07, 6.45) is 6.22. The van der Waals surface area contributed by atoms with Gasteiger partial charge in [0.2, 0.25) is 0 Å². The van der Waals surface area contributed by atoms with Crippen molar-refractivity contribution in [3.8, 4) is 0 Å². The van der Waals surface area contributed by atoms with Gasteiger partial charge in [0.25, 0.3) is 0 Å². The molecular formula is C16H25NO. The molecule has 0 bridgehead atoms. The molecule has 1 aromatic carbocycles. The van der Waals surface area contributed by atoms with E-state index < -0.39 is 0 Å². The number of benzene rings is 1. The molecular weight excluding hydrogens is 222 g/mol. The number of hydrogen-bond acceptors (Lipinski definition) is 2. The van der Waals surface area contributed by atoms with Crippen molar-refractivity contribution in [1.82, 2.24) is 5.32 Å². The van der Waals surface area contributed by atoms with Crippen molar-refractivity contribution in [3.05, 3.63) is 35.4 Å². The van der Waals surface area contributed by atoms with Crippen LogP contribution in [0, 0.1) is 0 Å². The van der Waals surface area contributed by atoms with Crippen LogP contribution < -0.4 is 5.32 Å². The summed E-state index contributed by atoms with van der Waals surface area (Å²) in [5, 5.41) is 3.41. The van der Waals surface area contributed by atoms with E-state index in [9.17, 15) is 0 Å². The average molecular weight is 247 g/mol. The normalized spacial score (nSPS) is 22.8. The van der Waals surface area contributed by atoms with E-state index in [4.69, 9.17) is 4.74 Å². The zero-order valence-corrected chi connectivity index (χ0v) is 11.7. The molecule has 1 aliphatic carbocycles. The van der Waals surface area contributed by atoms with Gasteiger partial charge in [-0.25, -0.2) is 0 Å². The van der Waals surface area contributed by atoms with Gasteiger partial charge in [0.05, 0.1) is 0 Å². The van der Waals surface area contributed by atoms with E-state index in [0.717, 1.165) is 19.6 Å². The lowest BCUT2D eigenvalue weighted by Crippen LogP contribution is -2.40. The Balaban J connectivity index is 2.24. The van der Waals surface area contributed by atoms with Crippen molar-refractivity contribution in [1.29, 1.82) is 0 Å². The van der Waals surface area contributed by atoms with E-state index in [-0.39, 0.29) is 0 Å². The first-order chi connectivity index (χ1) is 8.82. The molecule has 1 N–H and O–H groups in total. The van der Waals surface area contributed by atoms with Gasteiger partial charge in [0, 0.05) is 25.7 Å². The lowest BCUT2D eigenvalue weighted by molar-refractivity contribution is 0.178. The minimum Gasteiger partial charge on any atom is -0.385 e. The van der Waals surface area contributed by atoms with Gasteiger partial charge in [0.1, 0.15) is 0 Å². The molecule has 2 heteroatoms. The Morgan fingerprint density at radius 3 is 2.94 bits per heavy atom. The fraction of sp³-hybridized carbons (Fsp3) is 0.625. The van der Waals surface area contributed by atoms with Crippen molar-refractivity contribution in [2.75, 3.05) is 27.3 Å². The van der Waals surface area contributed by atoms with Gasteiger partial charge < -0.3 is 10.1 Å². The summed E-state index contributed by atoms with van der Waals surface area (Å²) in [7, 11) is 3.86. The summed E-state index contributed by atoms with van der Waals surface area (Å²) in [6.45, 7) is 1.95. The van der Waals surface area contributed by atoms with Gasteiger partial charge in [-0.2, -0.15) is 0 Å². The van der Waals surface area contributed by atoms with E-state index >= 15 is 0 Å². The standard InChI is InChI=1S/C16H25NO/c1-17-13-16(11-6-12-18-2)10-5-8-14-7-3-4-9-15(14)16/h3-4,7,9,17H,5-6,8,10-13H2,1-2H3. The van der Waals surface area contributed by atoms with E-state index in [2.05, 4.69) is 36.6 Å². The van der Waals surface area contributed by atoms with Crippen LogP contribution in [0.1, 0.15) is 36.8 Å². The summed E-state index contributed by atoms with van der Waals surface area (Å²) in [5.41, 5.74) is 3.44. The van der Waals surface area contributed by atoms with Crippen LogP contribution in [-0.4, -0.2) is 27.3 Å². The second kappa shape index (κ2) is 6.35. The molecule has 0 heterocycles. The Morgan fingerprint density at radius 1 is 1.33 bits per heavy atom. The second-order valence-electron chi connectivity index (χ2n) is 5.42. The van der Waals surface area contributed by atoms with Crippen LogP contribution in [0.3, 0.4) is 0 Å². The number of rotatable bonds is 6. The third kappa shape index (κ3) is 2.76. The SMILES string of the molecule is CNCC1(CCCOC)CCCc2ccccc21. The average Bonchev–Trinajstić information content (AvgIpc) is 2.40. The number of nitrogens with one attached hydrogen (secondary N) is 1. The molecule has 1 atom stereocenters. The molecule has 0 aromatic heterocycles. The smallest absolute Gasteiger partial charge is 0.0462 e. The van der Waals surface area contributed by atoms with Gasteiger partial charge in [-0.05, 0) is 50.3 Å². The topological polar surface area (TPSA) is 21.3 Å². The molecule has 18 heavy (non-hydrogen) atoms. The maximum absolute atomic E-state index is 5.22. The molecule has 1 aromatic rings. The highest BCUT2D eigenvalue weighted by Gasteiger charge is 2.35. The highest BCUT2D eigenvalue weighted by atomic mass is 16.5. The molecule has 0 aliphatic heterocycles. The van der Waals surface area contributed by atoms with Crippen LogP contribution in [0.2, 0.25) is 0 Å². The maximum Gasteiger partial charge on any atom is 0.0462 e. The minimum absolute atomic E-state index is 0.322. The van der Waals surface area contributed by atoms with Crippen molar-refractivity contribution in [2.24, 2.45) is 0 Å². The minimum atomic E-state index is 0.322. The quantitative estimate of drug-likeness (QED) is 0.780. The number of methoxy groups -OCH3 is 1. The molecule has 0 amide bonds. The Morgan fingerprint density at radius 2 is 2.17 bits per heavy atom. The first-order valence-electron chi connectivity index (χ1n) is 7.04. The number of hydrogen-bond donors (Lipinski definition) is 1. The molecule has 0 fully saturated rings. The molecule has 0 saturated carbocycles. The van der Waals surface area contributed by atoms with Crippen LogP contribution in [0.5, 0.6) is 0 Å². The van der Waals surface area contributed by atoms with Crippen molar-refractivity contribution in [3.63, 3.8) is 0 Å². The molecule has 0 spiro atoms. The third-order valence-electron chi connectivity index (χ3n) is 4.21. The molecule has 1 aliphatic rings. The number of fused-ring (bicyclic) bond motifs is 1. The molecule has 100 valence electrons. The summed E-state index contributed by atoms with van der Waals surface area (Å²) < 4.78 is 5.22. The van der Waals surface area contributed by atoms with Crippen LogP contribution >= 0.6 is 0 Å². The van der Waals surface area contributed by atoms with Crippen molar-refractivity contribution >= 4 is 0 Å². The summed E-state index contributed by atoms with van der Waals surface area (Å²) in [4.78, 5) is 0. The Labute approximate surface area is 111 Å². The second-order valence-corrected chi connectivity index (χ2v) is 5.42.